The predicted octanol–water partition coefficient (Wildman–Crippen LogP) is 3.62. The Morgan fingerprint density at radius 3 is 1.75 bits per heavy atom. The molecule has 0 aromatic heterocycles. The second-order valence-electron chi connectivity index (χ2n) is 6.33. The number of nitrogens with one attached hydrogen (secondary N) is 1. The van der Waals surface area contributed by atoms with Crippen molar-refractivity contribution in [3.8, 4) is 11.5 Å². The molecule has 5 N–H and O–H groups in total. The van der Waals surface area contributed by atoms with Gasteiger partial charge in [-0.1, -0.05) is 0 Å². The van der Waals surface area contributed by atoms with Gasteiger partial charge in [-0.25, -0.2) is 9.59 Å². The first kappa shape index (κ1) is 23.7. The van der Waals surface area contributed by atoms with Crippen molar-refractivity contribution in [3.63, 3.8) is 0 Å². The molecule has 0 aliphatic rings. The van der Waals surface area contributed by atoms with E-state index in [2.05, 4.69) is 5.32 Å². The molecule has 32 heavy (non-hydrogen) atoms. The van der Waals surface area contributed by atoms with E-state index < -0.39 is 17.8 Å². The predicted molar refractivity (Wildman–Crippen MR) is 119 cm³/mol. The highest BCUT2D eigenvalue weighted by Crippen LogP contribution is 2.18. The van der Waals surface area contributed by atoms with Crippen molar-refractivity contribution in [2.75, 3.05) is 25.3 Å². The summed E-state index contributed by atoms with van der Waals surface area (Å²) < 4.78 is 9.91. The third-order valence-electron chi connectivity index (χ3n) is 4.21. The van der Waals surface area contributed by atoms with E-state index in [1.807, 2.05) is 12.1 Å². The maximum atomic E-state index is 12.2. The third-order valence-corrected chi connectivity index (χ3v) is 4.21. The number of hydrogen-bond acceptors (Lipinski definition) is 6. The maximum absolute atomic E-state index is 12.2. The first-order valence-corrected chi connectivity index (χ1v) is 9.20. The topological polar surface area (TPSA) is 148 Å². The Kier molecular flexibility index (Phi) is 8.18. The number of amides is 1. The van der Waals surface area contributed by atoms with E-state index in [0.29, 0.717) is 11.4 Å². The van der Waals surface area contributed by atoms with Crippen LogP contribution in [0.15, 0.2) is 66.7 Å². The summed E-state index contributed by atoms with van der Waals surface area (Å²) in [6.45, 7) is 0. The molecule has 0 unspecified atom stereocenters. The average Bonchev–Trinajstić information content (AvgIpc) is 2.80. The SMILES string of the molecule is COc1ccc(N)cc1.COc1ccc(NC(=O)c2ccc(C(=O)O)cc2C(=O)O)cc1. The van der Waals surface area contributed by atoms with E-state index in [1.54, 1.807) is 43.5 Å². The van der Waals surface area contributed by atoms with Crippen LogP contribution in [0.2, 0.25) is 0 Å². The quantitative estimate of drug-likeness (QED) is 0.427. The maximum Gasteiger partial charge on any atom is 0.336 e. The fraction of sp³-hybridized carbons (Fsp3) is 0.0870. The molecule has 0 fully saturated rings. The van der Waals surface area contributed by atoms with Crippen LogP contribution in [0.5, 0.6) is 11.5 Å². The van der Waals surface area contributed by atoms with Crippen molar-refractivity contribution in [2.24, 2.45) is 0 Å². The largest absolute Gasteiger partial charge is 0.497 e. The van der Waals surface area contributed by atoms with Gasteiger partial charge in [0.05, 0.1) is 30.9 Å². The van der Waals surface area contributed by atoms with E-state index in [4.69, 9.17) is 25.4 Å². The molecule has 0 radical (unpaired) electrons. The summed E-state index contributed by atoms with van der Waals surface area (Å²) >= 11 is 0. The summed E-state index contributed by atoms with van der Waals surface area (Å²) in [5.41, 5.74) is 5.93. The van der Waals surface area contributed by atoms with Gasteiger partial charge in [-0.05, 0) is 66.7 Å². The molecule has 0 aliphatic heterocycles. The van der Waals surface area contributed by atoms with Gasteiger partial charge >= 0.3 is 11.9 Å². The molecule has 3 aromatic rings. The van der Waals surface area contributed by atoms with E-state index in [1.165, 1.54) is 19.2 Å². The monoisotopic (exact) mass is 438 g/mol. The number of anilines is 2. The Morgan fingerprint density at radius 1 is 0.750 bits per heavy atom. The number of rotatable bonds is 6. The van der Waals surface area contributed by atoms with E-state index in [9.17, 15) is 14.4 Å². The van der Waals surface area contributed by atoms with Crippen LogP contribution in [0.25, 0.3) is 0 Å². The van der Waals surface area contributed by atoms with E-state index >= 15 is 0 Å². The lowest BCUT2D eigenvalue weighted by atomic mass is 10.0. The highest BCUT2D eigenvalue weighted by molar-refractivity contribution is 6.11. The first-order valence-electron chi connectivity index (χ1n) is 9.20. The Balaban J connectivity index is 0.000000336. The van der Waals surface area contributed by atoms with Crippen LogP contribution in [0, 0.1) is 0 Å². The molecule has 0 spiro atoms. The molecule has 9 heteroatoms. The highest BCUT2D eigenvalue weighted by atomic mass is 16.5. The molecule has 0 heterocycles. The number of carboxylic acid groups (broad SMARTS) is 2. The number of carbonyl (C=O) groups excluding carboxylic acids is 1. The molecule has 0 bridgehead atoms. The minimum atomic E-state index is -1.38. The zero-order valence-corrected chi connectivity index (χ0v) is 17.4. The number of nitrogen functional groups attached to an aromatic ring is 1. The zero-order valence-electron chi connectivity index (χ0n) is 17.4. The molecule has 0 saturated heterocycles. The molecule has 3 aromatic carbocycles. The lowest BCUT2D eigenvalue weighted by Crippen LogP contribution is -2.17. The normalized spacial score (nSPS) is 9.69. The molecule has 0 saturated carbocycles. The van der Waals surface area contributed by atoms with Gasteiger partial charge in [0.1, 0.15) is 11.5 Å². The number of methoxy groups -OCH3 is 2. The summed E-state index contributed by atoms with van der Waals surface area (Å²) in [6.07, 6.45) is 0. The second-order valence-corrected chi connectivity index (χ2v) is 6.33. The molecular weight excluding hydrogens is 416 g/mol. The minimum Gasteiger partial charge on any atom is -0.497 e. The molecule has 0 aliphatic carbocycles. The van der Waals surface area contributed by atoms with Gasteiger partial charge in [0, 0.05) is 11.4 Å². The first-order chi connectivity index (χ1) is 15.2. The minimum absolute atomic E-state index is 0.127. The van der Waals surface area contributed by atoms with E-state index in [-0.39, 0.29) is 16.7 Å². The summed E-state index contributed by atoms with van der Waals surface area (Å²) in [4.78, 5) is 34.4. The lowest BCUT2D eigenvalue weighted by Gasteiger charge is -2.09. The van der Waals surface area contributed by atoms with Gasteiger partial charge in [0.15, 0.2) is 0 Å². The van der Waals surface area contributed by atoms with Crippen molar-refractivity contribution in [1.29, 1.82) is 0 Å². The second kappa shape index (κ2) is 11.0. The van der Waals surface area contributed by atoms with Crippen molar-refractivity contribution >= 4 is 29.2 Å². The van der Waals surface area contributed by atoms with Crippen molar-refractivity contribution in [3.05, 3.63) is 83.4 Å². The summed E-state index contributed by atoms with van der Waals surface area (Å²) in [5.74, 6) is -1.85. The van der Waals surface area contributed by atoms with Crippen LogP contribution >= 0.6 is 0 Å². The number of carboxylic acids is 2. The van der Waals surface area contributed by atoms with Crippen LogP contribution in [0.1, 0.15) is 31.1 Å². The van der Waals surface area contributed by atoms with Crippen LogP contribution in [0.3, 0.4) is 0 Å². The number of hydrogen-bond donors (Lipinski definition) is 4. The fourth-order valence-corrected chi connectivity index (χ4v) is 2.53. The molecule has 166 valence electrons. The number of aromatic carboxylic acids is 2. The Bertz CT molecular complexity index is 1090. The molecule has 3 rings (SSSR count). The van der Waals surface area contributed by atoms with Gasteiger partial charge in [-0.2, -0.15) is 0 Å². The number of ether oxygens (including phenoxy) is 2. The molecule has 1 amide bonds. The number of benzene rings is 3. The summed E-state index contributed by atoms with van der Waals surface area (Å²) in [6, 6.07) is 17.0. The number of carbonyl (C=O) groups is 3. The van der Waals surface area contributed by atoms with E-state index in [0.717, 1.165) is 17.5 Å². The van der Waals surface area contributed by atoms with Gasteiger partial charge in [-0.15, -0.1) is 0 Å². The van der Waals surface area contributed by atoms with Crippen molar-refractivity contribution in [2.45, 2.75) is 0 Å². The summed E-state index contributed by atoms with van der Waals surface area (Å²) in [7, 11) is 3.14. The van der Waals surface area contributed by atoms with Gasteiger partial charge in [-0.3, -0.25) is 4.79 Å². The Labute approximate surface area is 184 Å². The van der Waals surface area contributed by atoms with Gasteiger partial charge in [0.2, 0.25) is 0 Å². The lowest BCUT2D eigenvalue weighted by molar-refractivity contribution is 0.0692. The van der Waals surface area contributed by atoms with Crippen LogP contribution < -0.4 is 20.5 Å². The Morgan fingerprint density at radius 2 is 1.28 bits per heavy atom. The van der Waals surface area contributed by atoms with Gasteiger partial charge in [0.25, 0.3) is 5.91 Å². The average molecular weight is 438 g/mol. The zero-order chi connectivity index (χ0) is 23.7. The third kappa shape index (κ3) is 6.49. The van der Waals surface area contributed by atoms with Crippen molar-refractivity contribution < 1.29 is 34.1 Å². The van der Waals surface area contributed by atoms with Gasteiger partial charge < -0.3 is 30.7 Å². The molecular formula is C23H22N2O7. The molecule has 0 atom stereocenters. The smallest absolute Gasteiger partial charge is 0.336 e. The van der Waals surface area contributed by atoms with Crippen molar-refractivity contribution in [1.82, 2.24) is 0 Å². The van der Waals surface area contributed by atoms with Crippen LogP contribution in [-0.2, 0) is 0 Å². The van der Waals surface area contributed by atoms with Crippen LogP contribution in [-0.4, -0.2) is 42.3 Å². The number of nitrogens with two attached hydrogens (primary N) is 1. The molecule has 9 nitrogen and oxygen atoms in total. The summed E-state index contributed by atoms with van der Waals surface area (Å²) in [5, 5.41) is 20.6. The fourth-order valence-electron chi connectivity index (χ4n) is 2.53. The Hall–Kier alpha value is -4.53. The van der Waals surface area contributed by atoms with Crippen LogP contribution in [0.4, 0.5) is 11.4 Å². The standard InChI is InChI=1S/C16H13NO6.C7H9NO/c1-23-11-5-3-10(4-6-11)17-14(18)12-7-2-9(15(19)20)8-13(12)16(21)22;1-9-7-4-2-6(8)3-5-7/h2-8H,1H3,(H,17,18)(H,19,20)(H,21,22);2-5H,8H2,1H3. The highest BCUT2D eigenvalue weighted by Gasteiger charge is 2.19.